The Morgan fingerprint density at radius 1 is 1.25 bits per heavy atom. The molecule has 0 aliphatic rings. The Kier molecular flexibility index (Phi) is 4.33. The van der Waals surface area contributed by atoms with E-state index in [0.29, 0.717) is 13.0 Å². The maximum Gasteiger partial charge on any atom is 0.119 e. The van der Waals surface area contributed by atoms with Crippen LogP contribution >= 0.6 is 0 Å². The van der Waals surface area contributed by atoms with E-state index in [4.69, 9.17) is 9.84 Å². The van der Waals surface area contributed by atoms with Crippen molar-refractivity contribution in [2.75, 3.05) is 6.61 Å². The van der Waals surface area contributed by atoms with Gasteiger partial charge in [0, 0.05) is 6.42 Å². The van der Waals surface area contributed by atoms with Crippen LogP contribution in [-0.2, 0) is 6.61 Å². The molecule has 0 aliphatic carbocycles. The van der Waals surface area contributed by atoms with Crippen LogP contribution in [0.2, 0.25) is 0 Å². The number of ether oxygens (including phenoxy) is 1. The van der Waals surface area contributed by atoms with Gasteiger partial charge in [-0.2, -0.15) is 0 Å². The van der Waals surface area contributed by atoms with Gasteiger partial charge in [-0.05, 0) is 44.0 Å². The number of aliphatic hydroxyl groups excluding tert-OH is 1. The number of aryl methyl sites for hydroxylation is 1. The van der Waals surface area contributed by atoms with E-state index < -0.39 is 5.60 Å². The van der Waals surface area contributed by atoms with Crippen molar-refractivity contribution in [3.05, 3.63) is 29.3 Å². The van der Waals surface area contributed by atoms with E-state index in [1.165, 1.54) is 0 Å². The van der Waals surface area contributed by atoms with Crippen LogP contribution in [0, 0.1) is 6.92 Å². The third kappa shape index (κ3) is 4.64. The van der Waals surface area contributed by atoms with Crippen molar-refractivity contribution in [1.82, 2.24) is 0 Å². The smallest absolute Gasteiger partial charge is 0.119 e. The van der Waals surface area contributed by atoms with Gasteiger partial charge in [0.25, 0.3) is 0 Å². The molecule has 0 amide bonds. The second-order valence-electron chi connectivity index (χ2n) is 4.72. The average molecular weight is 224 g/mol. The van der Waals surface area contributed by atoms with Crippen molar-refractivity contribution in [2.45, 2.75) is 39.4 Å². The van der Waals surface area contributed by atoms with Crippen molar-refractivity contribution in [3.63, 3.8) is 0 Å². The number of aliphatic hydroxyl groups is 2. The van der Waals surface area contributed by atoms with Crippen molar-refractivity contribution in [2.24, 2.45) is 0 Å². The summed E-state index contributed by atoms with van der Waals surface area (Å²) in [5.74, 6) is 0.744. The van der Waals surface area contributed by atoms with E-state index in [9.17, 15) is 5.11 Å². The Labute approximate surface area is 96.7 Å². The molecule has 1 aromatic carbocycles. The lowest BCUT2D eigenvalue weighted by Crippen LogP contribution is -2.21. The molecule has 90 valence electrons. The summed E-state index contributed by atoms with van der Waals surface area (Å²) in [6, 6.07) is 5.66. The lowest BCUT2D eigenvalue weighted by molar-refractivity contribution is 0.0553. The first kappa shape index (κ1) is 13.0. The number of hydrogen-bond donors (Lipinski definition) is 2. The van der Waals surface area contributed by atoms with Crippen molar-refractivity contribution in [1.29, 1.82) is 0 Å². The van der Waals surface area contributed by atoms with E-state index >= 15 is 0 Å². The highest BCUT2D eigenvalue weighted by Crippen LogP contribution is 2.18. The SMILES string of the molecule is Cc1cc(CO)cc(OCCC(C)(C)O)c1. The van der Waals surface area contributed by atoms with E-state index in [-0.39, 0.29) is 6.61 Å². The molecular weight excluding hydrogens is 204 g/mol. The van der Waals surface area contributed by atoms with Gasteiger partial charge in [-0.25, -0.2) is 0 Å². The molecule has 3 nitrogen and oxygen atoms in total. The van der Waals surface area contributed by atoms with Gasteiger partial charge in [0.1, 0.15) is 5.75 Å². The van der Waals surface area contributed by atoms with E-state index in [2.05, 4.69) is 0 Å². The Bertz CT molecular complexity index is 340. The molecule has 0 unspecified atom stereocenters. The fourth-order valence-corrected chi connectivity index (χ4v) is 1.42. The van der Waals surface area contributed by atoms with E-state index in [1.807, 2.05) is 25.1 Å². The standard InChI is InChI=1S/C13H20O3/c1-10-6-11(9-14)8-12(7-10)16-5-4-13(2,3)15/h6-8,14-15H,4-5,9H2,1-3H3. The molecule has 2 N–H and O–H groups in total. The number of benzene rings is 1. The lowest BCUT2D eigenvalue weighted by Gasteiger charge is -2.17. The van der Waals surface area contributed by atoms with Gasteiger partial charge in [0.05, 0.1) is 18.8 Å². The van der Waals surface area contributed by atoms with Gasteiger partial charge in [-0.3, -0.25) is 0 Å². The van der Waals surface area contributed by atoms with Crippen molar-refractivity contribution in [3.8, 4) is 5.75 Å². The summed E-state index contributed by atoms with van der Waals surface area (Å²) in [5, 5.41) is 18.6. The third-order valence-corrected chi connectivity index (χ3v) is 2.28. The third-order valence-electron chi connectivity index (χ3n) is 2.28. The first-order chi connectivity index (χ1) is 7.40. The zero-order valence-electron chi connectivity index (χ0n) is 10.2. The Balaban J connectivity index is 2.57. The van der Waals surface area contributed by atoms with Gasteiger partial charge in [0.15, 0.2) is 0 Å². The molecule has 0 bridgehead atoms. The van der Waals surface area contributed by atoms with Crippen molar-refractivity contribution < 1.29 is 14.9 Å². The minimum Gasteiger partial charge on any atom is -0.493 e. The number of hydrogen-bond acceptors (Lipinski definition) is 3. The average Bonchev–Trinajstić information content (AvgIpc) is 2.14. The van der Waals surface area contributed by atoms with Gasteiger partial charge in [-0.15, -0.1) is 0 Å². The lowest BCUT2D eigenvalue weighted by atomic mass is 10.1. The molecular formula is C13H20O3. The second kappa shape index (κ2) is 5.32. The predicted octanol–water partition coefficient (Wildman–Crippen LogP) is 2.03. The maximum atomic E-state index is 9.53. The second-order valence-corrected chi connectivity index (χ2v) is 4.72. The van der Waals surface area contributed by atoms with Crippen LogP contribution in [0.25, 0.3) is 0 Å². The van der Waals surface area contributed by atoms with E-state index in [1.54, 1.807) is 13.8 Å². The Hall–Kier alpha value is -1.06. The largest absolute Gasteiger partial charge is 0.493 e. The fraction of sp³-hybridized carbons (Fsp3) is 0.538. The highest BCUT2D eigenvalue weighted by Gasteiger charge is 2.12. The minimum absolute atomic E-state index is 0.0174. The normalized spacial score (nSPS) is 11.6. The molecule has 0 fully saturated rings. The zero-order valence-corrected chi connectivity index (χ0v) is 10.2. The molecule has 0 heterocycles. The first-order valence-corrected chi connectivity index (χ1v) is 5.47. The van der Waals surface area contributed by atoms with Gasteiger partial charge >= 0.3 is 0 Å². The molecule has 0 aromatic heterocycles. The minimum atomic E-state index is -0.705. The topological polar surface area (TPSA) is 49.7 Å². The van der Waals surface area contributed by atoms with Crippen LogP contribution in [-0.4, -0.2) is 22.4 Å². The van der Waals surface area contributed by atoms with Crippen LogP contribution in [0.3, 0.4) is 0 Å². The molecule has 1 rings (SSSR count). The summed E-state index contributed by atoms with van der Waals surface area (Å²) in [7, 11) is 0. The molecule has 1 aromatic rings. The first-order valence-electron chi connectivity index (χ1n) is 5.47. The summed E-state index contributed by atoms with van der Waals surface area (Å²) < 4.78 is 5.53. The summed E-state index contributed by atoms with van der Waals surface area (Å²) >= 11 is 0. The Morgan fingerprint density at radius 3 is 2.50 bits per heavy atom. The van der Waals surface area contributed by atoms with Crippen LogP contribution in [0.5, 0.6) is 5.75 Å². The highest BCUT2D eigenvalue weighted by atomic mass is 16.5. The van der Waals surface area contributed by atoms with Gasteiger partial charge < -0.3 is 14.9 Å². The highest BCUT2D eigenvalue weighted by molar-refractivity contribution is 5.33. The summed E-state index contributed by atoms with van der Waals surface area (Å²) in [6.07, 6.45) is 0.579. The monoisotopic (exact) mass is 224 g/mol. The molecule has 0 saturated carbocycles. The van der Waals surface area contributed by atoms with E-state index in [0.717, 1.165) is 16.9 Å². The van der Waals surface area contributed by atoms with Crippen LogP contribution in [0.1, 0.15) is 31.4 Å². The molecule has 0 spiro atoms. The Morgan fingerprint density at radius 2 is 1.94 bits per heavy atom. The quantitative estimate of drug-likeness (QED) is 0.804. The molecule has 0 radical (unpaired) electrons. The zero-order chi connectivity index (χ0) is 12.2. The van der Waals surface area contributed by atoms with Crippen LogP contribution in [0.15, 0.2) is 18.2 Å². The molecule has 3 heteroatoms. The summed E-state index contributed by atoms with van der Waals surface area (Å²) in [5.41, 5.74) is 1.20. The number of rotatable bonds is 5. The maximum absolute atomic E-state index is 9.53. The molecule has 0 atom stereocenters. The van der Waals surface area contributed by atoms with Crippen LogP contribution in [0.4, 0.5) is 0 Å². The predicted molar refractivity (Wildman–Crippen MR) is 63.5 cm³/mol. The fourth-order valence-electron chi connectivity index (χ4n) is 1.42. The molecule has 0 aliphatic heterocycles. The van der Waals surface area contributed by atoms with Gasteiger partial charge in [-0.1, -0.05) is 6.07 Å². The molecule has 0 saturated heterocycles. The van der Waals surface area contributed by atoms with Crippen molar-refractivity contribution >= 4 is 0 Å². The summed E-state index contributed by atoms with van der Waals surface area (Å²) in [6.45, 7) is 5.96. The summed E-state index contributed by atoms with van der Waals surface area (Å²) in [4.78, 5) is 0. The molecule has 16 heavy (non-hydrogen) atoms. The van der Waals surface area contributed by atoms with Crippen LogP contribution < -0.4 is 4.74 Å². The van der Waals surface area contributed by atoms with Gasteiger partial charge in [0.2, 0.25) is 0 Å².